The molecule has 1 amide bonds. The van der Waals surface area contributed by atoms with Gasteiger partial charge in [0.15, 0.2) is 0 Å². The molecular formula is C36H34F2N6O3S. The molecule has 5 heterocycles. The number of hydrogen-bond acceptors (Lipinski definition) is 7. The number of nitrogens with zero attached hydrogens (tertiary/aromatic N) is 6. The summed E-state index contributed by atoms with van der Waals surface area (Å²) >= 11 is 1.43. The van der Waals surface area contributed by atoms with E-state index in [9.17, 15) is 9.18 Å². The number of halogens is 2. The Morgan fingerprint density at radius 1 is 1.08 bits per heavy atom. The number of imidazole rings is 1. The van der Waals surface area contributed by atoms with E-state index < -0.39 is 11.6 Å². The minimum absolute atomic E-state index is 0.0362. The Kier molecular flexibility index (Phi) is 8.08. The number of carbonyl (C=O) groups is 1. The van der Waals surface area contributed by atoms with Crippen molar-refractivity contribution < 1.29 is 23.0 Å². The summed E-state index contributed by atoms with van der Waals surface area (Å²) < 4.78 is 46.5. The summed E-state index contributed by atoms with van der Waals surface area (Å²) in [4.78, 5) is 24.6. The van der Waals surface area contributed by atoms with Crippen LogP contribution >= 0.6 is 11.3 Å². The average molecular weight is 669 g/mol. The highest BCUT2D eigenvalue weighted by molar-refractivity contribution is 7.18. The Morgan fingerprint density at radius 3 is 2.67 bits per heavy atom. The number of rotatable bonds is 8. The van der Waals surface area contributed by atoms with Gasteiger partial charge in [0.1, 0.15) is 41.2 Å². The van der Waals surface area contributed by atoms with Crippen LogP contribution in [0.2, 0.25) is 0 Å². The number of amides is 1. The first-order chi connectivity index (χ1) is 23.1. The van der Waals surface area contributed by atoms with Gasteiger partial charge in [0.25, 0.3) is 0 Å². The zero-order valence-electron chi connectivity index (χ0n) is 27.3. The van der Waals surface area contributed by atoms with Crippen molar-refractivity contribution in [1.82, 2.24) is 29.2 Å². The van der Waals surface area contributed by atoms with E-state index in [1.54, 1.807) is 4.90 Å². The molecule has 0 unspecified atom stereocenters. The molecule has 7 rings (SSSR count). The van der Waals surface area contributed by atoms with Crippen LogP contribution in [0.4, 0.5) is 8.78 Å². The molecular weight excluding hydrogens is 634 g/mol. The first-order valence-corrected chi connectivity index (χ1v) is 16.5. The summed E-state index contributed by atoms with van der Waals surface area (Å²) in [6.07, 6.45) is 1.32. The van der Waals surface area contributed by atoms with E-state index in [0.717, 1.165) is 44.3 Å². The highest BCUT2D eigenvalue weighted by Gasteiger charge is 2.34. The van der Waals surface area contributed by atoms with Crippen LogP contribution in [0.3, 0.4) is 0 Å². The molecule has 0 spiro atoms. The number of fused-ring (bicyclic) bond motifs is 3. The molecule has 246 valence electrons. The minimum Gasteiger partial charge on any atom is -0.490 e. The Labute approximate surface area is 280 Å². The van der Waals surface area contributed by atoms with E-state index in [-0.39, 0.29) is 42.5 Å². The van der Waals surface area contributed by atoms with Crippen molar-refractivity contribution in [2.45, 2.75) is 39.4 Å². The number of benzene rings is 2. The summed E-state index contributed by atoms with van der Waals surface area (Å²) in [7, 11) is 3.50. The third-order valence-electron chi connectivity index (χ3n) is 9.04. The molecule has 2 atom stereocenters. The van der Waals surface area contributed by atoms with E-state index >= 15 is 4.39 Å². The van der Waals surface area contributed by atoms with Gasteiger partial charge in [0, 0.05) is 53.5 Å². The highest BCUT2D eigenvalue weighted by atomic mass is 32.1. The lowest BCUT2D eigenvalue weighted by Gasteiger charge is -2.38. The van der Waals surface area contributed by atoms with Gasteiger partial charge in [-0.1, -0.05) is 12.6 Å². The van der Waals surface area contributed by atoms with Crippen LogP contribution in [0.15, 0.2) is 60.5 Å². The Morgan fingerprint density at radius 2 is 1.90 bits per heavy atom. The fourth-order valence-corrected chi connectivity index (χ4v) is 7.62. The molecule has 0 fully saturated rings. The molecule has 0 bridgehead atoms. The zero-order valence-corrected chi connectivity index (χ0v) is 28.1. The number of methoxy groups -OCH3 is 1. The Balaban J connectivity index is 1.51. The third kappa shape index (κ3) is 5.15. The first kappa shape index (κ1) is 31.6. The highest BCUT2D eigenvalue weighted by Crippen LogP contribution is 2.47. The summed E-state index contributed by atoms with van der Waals surface area (Å²) in [6.45, 7) is 10.3. The van der Waals surface area contributed by atoms with E-state index in [0.29, 0.717) is 29.2 Å². The smallest absolute Gasteiger partial charge is 0.246 e. The van der Waals surface area contributed by atoms with Gasteiger partial charge in [-0.2, -0.15) is 5.10 Å². The van der Waals surface area contributed by atoms with Crippen molar-refractivity contribution in [2.24, 2.45) is 7.05 Å². The van der Waals surface area contributed by atoms with E-state index in [2.05, 4.69) is 6.58 Å². The molecule has 48 heavy (non-hydrogen) atoms. The second-order valence-corrected chi connectivity index (χ2v) is 12.9. The molecule has 0 saturated heterocycles. The van der Waals surface area contributed by atoms with Crippen LogP contribution in [-0.2, 0) is 23.1 Å². The molecule has 12 heteroatoms. The van der Waals surface area contributed by atoms with Crippen molar-refractivity contribution in [3.05, 3.63) is 83.7 Å². The van der Waals surface area contributed by atoms with Crippen molar-refractivity contribution in [3.63, 3.8) is 0 Å². The fraction of sp³-hybridized carbons (Fsp3) is 0.278. The van der Waals surface area contributed by atoms with Crippen LogP contribution < -0.4 is 4.74 Å². The first-order valence-electron chi connectivity index (χ1n) is 15.6. The Bertz CT molecular complexity index is 2240. The van der Waals surface area contributed by atoms with Crippen LogP contribution in [0.5, 0.6) is 5.75 Å². The van der Waals surface area contributed by atoms with Gasteiger partial charge >= 0.3 is 0 Å². The molecule has 0 radical (unpaired) electrons. The van der Waals surface area contributed by atoms with Crippen molar-refractivity contribution in [2.75, 3.05) is 20.3 Å². The molecule has 9 nitrogen and oxygen atoms in total. The summed E-state index contributed by atoms with van der Waals surface area (Å²) in [6, 6.07) is 11.5. The molecule has 1 aliphatic heterocycles. The average Bonchev–Trinajstić information content (AvgIpc) is 3.78. The predicted octanol–water partition coefficient (Wildman–Crippen LogP) is 7.47. The van der Waals surface area contributed by atoms with Crippen molar-refractivity contribution >= 4 is 38.4 Å². The molecule has 6 aromatic rings. The van der Waals surface area contributed by atoms with Gasteiger partial charge in [-0.05, 0) is 56.5 Å². The quantitative estimate of drug-likeness (QED) is 0.124. The van der Waals surface area contributed by atoms with Crippen LogP contribution in [0, 0.1) is 18.6 Å². The maximum Gasteiger partial charge on any atom is 0.246 e. The molecule has 0 saturated carbocycles. The molecule has 1 aliphatic rings. The van der Waals surface area contributed by atoms with Gasteiger partial charge in [-0.25, -0.2) is 18.7 Å². The van der Waals surface area contributed by atoms with Crippen LogP contribution in [0.25, 0.3) is 54.9 Å². The predicted molar refractivity (Wildman–Crippen MR) is 183 cm³/mol. The third-order valence-corrected chi connectivity index (χ3v) is 9.97. The SMILES string of the molecule is C=CC(=O)N1[C@H](C)Cn2nc(-c3nc(-c4ccc5c(c4)nc(C)n5C)c4ccsc4c3-c3c(F)cc(F)cc3OCCOC)cc2[C@@H]1C. The number of ether oxygens (including phenoxy) is 2. The summed E-state index contributed by atoms with van der Waals surface area (Å²) in [5, 5.41) is 7.72. The minimum atomic E-state index is -0.785. The number of aromatic nitrogens is 5. The van der Waals surface area contributed by atoms with E-state index in [1.807, 2.05) is 72.8 Å². The monoisotopic (exact) mass is 668 g/mol. The fourth-order valence-electron chi connectivity index (χ4n) is 6.68. The van der Waals surface area contributed by atoms with Crippen molar-refractivity contribution in [3.8, 4) is 39.5 Å². The van der Waals surface area contributed by atoms with Crippen LogP contribution in [0.1, 0.15) is 31.4 Å². The topological polar surface area (TPSA) is 87.3 Å². The molecule has 0 N–H and O–H groups in total. The summed E-state index contributed by atoms with van der Waals surface area (Å²) in [5.41, 5.74) is 5.56. The zero-order chi connectivity index (χ0) is 33.9. The van der Waals surface area contributed by atoms with Gasteiger partial charge in [-0.3, -0.25) is 9.48 Å². The lowest BCUT2D eigenvalue weighted by molar-refractivity contribution is -0.131. The molecule has 4 aromatic heterocycles. The van der Waals surface area contributed by atoms with Gasteiger partial charge in [0.2, 0.25) is 5.91 Å². The number of pyridine rings is 1. The number of hydrogen-bond donors (Lipinski definition) is 0. The number of thiophene rings is 1. The summed E-state index contributed by atoms with van der Waals surface area (Å²) in [5.74, 6) is -0.795. The number of carbonyl (C=O) groups excluding carboxylic acids is 1. The largest absolute Gasteiger partial charge is 0.490 e. The maximum atomic E-state index is 16.1. The lowest BCUT2D eigenvalue weighted by atomic mass is 9.96. The van der Waals surface area contributed by atoms with E-state index in [1.165, 1.54) is 30.6 Å². The van der Waals surface area contributed by atoms with Gasteiger partial charge < -0.3 is 18.9 Å². The standard InChI is InChI=1S/C36H34F2N6O3S/c1-7-31(45)44-19(2)18-43-29(20(44)3)17-27(41-43)35-33(32-25(38)15-23(37)16-30(32)47-12-11-46-6)36-24(10-13-48-36)34(40-35)22-8-9-28-26(14-22)39-21(4)42(28)5/h7-10,13-17,19-20H,1,11-12,18H2,2-6H3/t19-,20+/m1/s1. The second kappa shape index (κ2) is 12.3. The van der Waals surface area contributed by atoms with Crippen LogP contribution in [-0.4, -0.2) is 61.5 Å². The normalized spacial score (nSPS) is 16.1. The van der Waals surface area contributed by atoms with Gasteiger partial charge in [0.05, 0.1) is 47.2 Å². The van der Waals surface area contributed by atoms with Gasteiger partial charge in [-0.15, -0.1) is 11.3 Å². The second-order valence-electron chi connectivity index (χ2n) is 12.0. The van der Waals surface area contributed by atoms with E-state index in [4.69, 9.17) is 24.5 Å². The molecule has 2 aromatic carbocycles. The van der Waals surface area contributed by atoms with Crippen molar-refractivity contribution in [1.29, 1.82) is 0 Å². The number of aryl methyl sites for hydroxylation is 2. The molecule has 0 aliphatic carbocycles. The lowest BCUT2D eigenvalue weighted by Crippen LogP contribution is -2.46. The maximum absolute atomic E-state index is 16.1. The Hall–Kier alpha value is -4.94.